The summed E-state index contributed by atoms with van der Waals surface area (Å²) in [5, 5.41) is 2.77. The summed E-state index contributed by atoms with van der Waals surface area (Å²) in [7, 11) is 0. The number of esters is 1. The molecule has 0 spiro atoms. The number of fused-ring (bicyclic) bond motifs is 1. The van der Waals surface area contributed by atoms with Crippen molar-refractivity contribution in [2.75, 3.05) is 13.2 Å². The summed E-state index contributed by atoms with van der Waals surface area (Å²) < 4.78 is 15.9. The van der Waals surface area contributed by atoms with Crippen LogP contribution in [-0.4, -0.2) is 37.2 Å². The normalized spacial score (nSPS) is 17.7. The second kappa shape index (κ2) is 7.15. The molecule has 2 rings (SSSR count). The van der Waals surface area contributed by atoms with Crippen LogP contribution in [0.1, 0.15) is 20.8 Å². The second-order valence-corrected chi connectivity index (χ2v) is 5.57. The van der Waals surface area contributed by atoms with Gasteiger partial charge in [0.15, 0.2) is 18.1 Å². The SMILES string of the molecule is CC(C)[C@H](C)NC(=O)COC(=O)[C@@H]1COc2ccccc2O1. The van der Waals surface area contributed by atoms with Crippen LogP contribution in [0, 0.1) is 5.92 Å². The first kappa shape index (κ1) is 16.1. The molecule has 22 heavy (non-hydrogen) atoms. The zero-order valence-corrected chi connectivity index (χ0v) is 13.0. The van der Waals surface area contributed by atoms with Crippen LogP contribution in [-0.2, 0) is 14.3 Å². The first-order chi connectivity index (χ1) is 10.5. The molecule has 0 fully saturated rings. The Morgan fingerprint density at radius 2 is 1.95 bits per heavy atom. The van der Waals surface area contributed by atoms with Crippen molar-refractivity contribution in [1.29, 1.82) is 0 Å². The molecule has 1 amide bonds. The number of carbonyl (C=O) groups excluding carboxylic acids is 2. The van der Waals surface area contributed by atoms with E-state index in [4.69, 9.17) is 14.2 Å². The predicted octanol–water partition coefficient (Wildman–Crippen LogP) is 1.53. The first-order valence-corrected chi connectivity index (χ1v) is 7.32. The van der Waals surface area contributed by atoms with Crippen molar-refractivity contribution in [3.05, 3.63) is 24.3 Å². The van der Waals surface area contributed by atoms with Crippen molar-refractivity contribution >= 4 is 11.9 Å². The maximum absolute atomic E-state index is 11.9. The molecule has 0 saturated heterocycles. The lowest BCUT2D eigenvalue weighted by atomic mass is 10.1. The van der Waals surface area contributed by atoms with Crippen LogP contribution in [0.2, 0.25) is 0 Å². The number of rotatable bonds is 5. The van der Waals surface area contributed by atoms with Crippen LogP contribution in [0.25, 0.3) is 0 Å². The lowest BCUT2D eigenvalue weighted by Crippen LogP contribution is -2.42. The summed E-state index contributed by atoms with van der Waals surface area (Å²) in [5.74, 6) is 0.461. The molecule has 6 heteroatoms. The van der Waals surface area contributed by atoms with E-state index in [1.807, 2.05) is 26.8 Å². The zero-order valence-electron chi connectivity index (χ0n) is 13.0. The molecule has 0 radical (unpaired) electrons. The first-order valence-electron chi connectivity index (χ1n) is 7.32. The minimum absolute atomic E-state index is 0.0207. The molecule has 1 heterocycles. The molecular weight excluding hydrogens is 286 g/mol. The van der Waals surface area contributed by atoms with Gasteiger partial charge in [-0.25, -0.2) is 4.79 Å². The third-order valence-electron chi connectivity index (χ3n) is 3.51. The summed E-state index contributed by atoms with van der Waals surface area (Å²) in [6, 6.07) is 7.11. The van der Waals surface area contributed by atoms with Crippen LogP contribution < -0.4 is 14.8 Å². The van der Waals surface area contributed by atoms with Crippen molar-refractivity contribution in [3.8, 4) is 11.5 Å². The van der Waals surface area contributed by atoms with Gasteiger partial charge in [0.05, 0.1) is 0 Å². The molecule has 1 N–H and O–H groups in total. The molecule has 0 unspecified atom stereocenters. The van der Waals surface area contributed by atoms with E-state index < -0.39 is 12.1 Å². The van der Waals surface area contributed by atoms with Gasteiger partial charge in [-0.05, 0) is 25.0 Å². The Balaban J connectivity index is 1.80. The number of benzene rings is 1. The number of hydrogen-bond acceptors (Lipinski definition) is 5. The predicted molar refractivity (Wildman–Crippen MR) is 79.8 cm³/mol. The summed E-state index contributed by atoms with van der Waals surface area (Å²) in [6.45, 7) is 5.65. The molecule has 0 bridgehead atoms. The van der Waals surface area contributed by atoms with Gasteiger partial charge >= 0.3 is 5.97 Å². The Kier molecular flexibility index (Phi) is 5.25. The average molecular weight is 307 g/mol. The van der Waals surface area contributed by atoms with Gasteiger partial charge in [-0.2, -0.15) is 0 Å². The van der Waals surface area contributed by atoms with Gasteiger partial charge < -0.3 is 19.5 Å². The lowest BCUT2D eigenvalue weighted by Gasteiger charge is -2.25. The Morgan fingerprint density at radius 1 is 1.27 bits per heavy atom. The lowest BCUT2D eigenvalue weighted by molar-refractivity contribution is -0.157. The number of amides is 1. The molecule has 0 aliphatic carbocycles. The molecular formula is C16H21NO5. The number of hydrogen-bond donors (Lipinski definition) is 1. The maximum atomic E-state index is 11.9. The summed E-state index contributed by atoms with van der Waals surface area (Å²) >= 11 is 0. The Hall–Kier alpha value is -2.24. The van der Waals surface area contributed by atoms with Gasteiger partial charge in [0.2, 0.25) is 6.10 Å². The minimum Gasteiger partial charge on any atom is -0.485 e. The van der Waals surface area contributed by atoms with Crippen molar-refractivity contribution in [2.24, 2.45) is 5.92 Å². The standard InChI is InChI=1S/C16H21NO5/c1-10(2)11(3)17-15(18)9-21-16(19)14-8-20-12-6-4-5-7-13(12)22-14/h4-7,10-11,14H,8-9H2,1-3H3,(H,17,18)/t11-,14-/m0/s1. The third-order valence-corrected chi connectivity index (χ3v) is 3.51. The monoisotopic (exact) mass is 307 g/mol. The Bertz CT molecular complexity index is 543. The highest BCUT2D eigenvalue weighted by atomic mass is 16.6. The topological polar surface area (TPSA) is 73.9 Å². The molecule has 1 aliphatic heterocycles. The molecule has 0 aromatic heterocycles. The fraction of sp³-hybridized carbons (Fsp3) is 0.500. The highest BCUT2D eigenvalue weighted by Gasteiger charge is 2.29. The van der Waals surface area contributed by atoms with Crippen molar-refractivity contribution < 1.29 is 23.8 Å². The van der Waals surface area contributed by atoms with Crippen LogP contribution in [0.3, 0.4) is 0 Å². The van der Waals surface area contributed by atoms with Gasteiger partial charge in [-0.15, -0.1) is 0 Å². The van der Waals surface area contributed by atoms with E-state index in [1.165, 1.54) is 0 Å². The van der Waals surface area contributed by atoms with Crippen molar-refractivity contribution in [2.45, 2.75) is 32.9 Å². The maximum Gasteiger partial charge on any atom is 0.351 e. The second-order valence-electron chi connectivity index (χ2n) is 5.57. The van der Waals surface area contributed by atoms with Crippen LogP contribution in [0.15, 0.2) is 24.3 Å². The van der Waals surface area contributed by atoms with Crippen LogP contribution in [0.4, 0.5) is 0 Å². The van der Waals surface area contributed by atoms with Gasteiger partial charge in [0, 0.05) is 6.04 Å². The molecule has 2 atom stereocenters. The number of para-hydroxylation sites is 2. The van der Waals surface area contributed by atoms with E-state index in [0.717, 1.165) is 0 Å². The van der Waals surface area contributed by atoms with E-state index in [-0.39, 0.29) is 25.2 Å². The average Bonchev–Trinajstić information content (AvgIpc) is 2.52. The fourth-order valence-corrected chi connectivity index (χ4v) is 1.83. The number of ether oxygens (including phenoxy) is 3. The van der Waals surface area contributed by atoms with E-state index in [2.05, 4.69) is 5.32 Å². The summed E-state index contributed by atoms with van der Waals surface area (Å²) in [4.78, 5) is 23.6. The van der Waals surface area contributed by atoms with E-state index in [9.17, 15) is 9.59 Å². The van der Waals surface area contributed by atoms with Gasteiger partial charge in [-0.1, -0.05) is 26.0 Å². The fourth-order valence-electron chi connectivity index (χ4n) is 1.83. The van der Waals surface area contributed by atoms with Gasteiger partial charge in [0.25, 0.3) is 5.91 Å². The van der Waals surface area contributed by atoms with E-state index in [0.29, 0.717) is 17.4 Å². The molecule has 1 aromatic carbocycles. The number of carbonyl (C=O) groups is 2. The Labute approximate surface area is 129 Å². The van der Waals surface area contributed by atoms with E-state index >= 15 is 0 Å². The highest BCUT2D eigenvalue weighted by Crippen LogP contribution is 2.31. The number of nitrogens with one attached hydrogen (secondary N) is 1. The molecule has 120 valence electrons. The van der Waals surface area contributed by atoms with Crippen LogP contribution >= 0.6 is 0 Å². The largest absolute Gasteiger partial charge is 0.485 e. The van der Waals surface area contributed by atoms with Crippen molar-refractivity contribution in [3.63, 3.8) is 0 Å². The van der Waals surface area contributed by atoms with E-state index in [1.54, 1.807) is 18.2 Å². The highest BCUT2D eigenvalue weighted by molar-refractivity contribution is 5.82. The van der Waals surface area contributed by atoms with Crippen LogP contribution in [0.5, 0.6) is 11.5 Å². The quantitative estimate of drug-likeness (QED) is 0.835. The third kappa shape index (κ3) is 4.13. The molecule has 1 aliphatic rings. The minimum atomic E-state index is -0.856. The van der Waals surface area contributed by atoms with Gasteiger partial charge in [-0.3, -0.25) is 4.79 Å². The smallest absolute Gasteiger partial charge is 0.351 e. The Morgan fingerprint density at radius 3 is 2.64 bits per heavy atom. The molecule has 6 nitrogen and oxygen atoms in total. The molecule has 1 aromatic rings. The summed E-state index contributed by atoms with van der Waals surface area (Å²) in [6.07, 6.45) is -0.856. The van der Waals surface area contributed by atoms with Crippen molar-refractivity contribution in [1.82, 2.24) is 5.32 Å². The van der Waals surface area contributed by atoms with Gasteiger partial charge in [0.1, 0.15) is 6.61 Å². The summed E-state index contributed by atoms with van der Waals surface area (Å²) in [5.41, 5.74) is 0. The zero-order chi connectivity index (χ0) is 16.1. The molecule has 0 saturated carbocycles.